The summed E-state index contributed by atoms with van der Waals surface area (Å²) < 4.78 is 0. The summed E-state index contributed by atoms with van der Waals surface area (Å²) >= 11 is 5.97. The zero-order valence-corrected chi connectivity index (χ0v) is 18.3. The molecule has 2 saturated heterocycles. The van der Waals surface area contributed by atoms with E-state index < -0.39 is 12.1 Å². The number of carbonyl (C=O) groups excluding carboxylic acids is 2. The van der Waals surface area contributed by atoms with Crippen LogP contribution in [-0.4, -0.2) is 83.2 Å². The summed E-state index contributed by atoms with van der Waals surface area (Å²) in [5, 5.41) is 13.9. The van der Waals surface area contributed by atoms with Gasteiger partial charge in [0, 0.05) is 36.9 Å². The molecule has 3 fully saturated rings. The van der Waals surface area contributed by atoms with Gasteiger partial charge in [-0.1, -0.05) is 17.7 Å². The van der Waals surface area contributed by atoms with E-state index in [1.54, 1.807) is 36.1 Å². The molecular weight excluding hydrogens is 404 g/mol. The Labute approximate surface area is 183 Å². The Morgan fingerprint density at radius 3 is 2.60 bits per heavy atom. The number of piperidine rings is 1. The second-order valence-electron chi connectivity index (χ2n) is 9.05. The lowest BCUT2D eigenvalue weighted by molar-refractivity contribution is -0.140. The van der Waals surface area contributed by atoms with Crippen LogP contribution in [0.15, 0.2) is 24.3 Å². The molecule has 0 bridgehead atoms. The first-order valence-corrected chi connectivity index (χ1v) is 11.3. The number of carbonyl (C=O) groups is 2. The molecule has 1 aliphatic carbocycles. The van der Waals surface area contributed by atoms with E-state index in [1.807, 2.05) is 0 Å². The Morgan fingerprint density at radius 1 is 1.20 bits per heavy atom. The molecule has 7 nitrogen and oxygen atoms in total. The summed E-state index contributed by atoms with van der Waals surface area (Å²) in [5.41, 5.74) is 1.22. The fraction of sp³-hybridized carbons (Fsp3) is 0.636. The maximum Gasteiger partial charge on any atom is 0.322 e. The van der Waals surface area contributed by atoms with E-state index in [0.717, 1.165) is 13.1 Å². The summed E-state index contributed by atoms with van der Waals surface area (Å²) in [6.45, 7) is 5.59. The minimum Gasteiger partial charge on any atom is -0.390 e. The molecule has 1 aromatic rings. The molecule has 4 rings (SSSR count). The van der Waals surface area contributed by atoms with Gasteiger partial charge in [0.1, 0.15) is 6.04 Å². The van der Waals surface area contributed by atoms with Gasteiger partial charge >= 0.3 is 6.03 Å². The Morgan fingerprint density at radius 2 is 1.93 bits per heavy atom. The van der Waals surface area contributed by atoms with Crippen LogP contribution in [0.4, 0.5) is 10.5 Å². The zero-order valence-electron chi connectivity index (χ0n) is 17.5. The van der Waals surface area contributed by atoms with Crippen molar-refractivity contribution in [3.8, 4) is 0 Å². The molecule has 2 atom stereocenters. The van der Waals surface area contributed by atoms with Crippen LogP contribution in [0.25, 0.3) is 0 Å². The van der Waals surface area contributed by atoms with Crippen LogP contribution in [-0.2, 0) is 4.79 Å². The van der Waals surface area contributed by atoms with Gasteiger partial charge in [-0.15, -0.1) is 0 Å². The molecular formula is C22H31ClN4O3. The van der Waals surface area contributed by atoms with Gasteiger partial charge in [-0.25, -0.2) is 4.79 Å². The summed E-state index contributed by atoms with van der Waals surface area (Å²) in [5.74, 6) is -0.128. The molecule has 2 N–H and O–H groups in total. The standard InChI is InChI=1S/C22H31ClN4O3/c1-16-20(29)26(15-19(28)14-25-9-7-22(5-6-22)8-10-25)11-12-27(16)21(30)24-18-4-2-3-17(23)13-18/h2-4,13,16,19,28H,5-12,14-15H2,1H3,(H,24,30). The summed E-state index contributed by atoms with van der Waals surface area (Å²) in [7, 11) is 0. The number of urea groups is 1. The first kappa shape index (κ1) is 21.4. The van der Waals surface area contributed by atoms with Gasteiger partial charge in [-0.05, 0) is 69.3 Å². The fourth-order valence-electron chi connectivity index (χ4n) is 4.65. The van der Waals surface area contributed by atoms with Crippen molar-refractivity contribution < 1.29 is 14.7 Å². The topological polar surface area (TPSA) is 76.1 Å². The Balaban J connectivity index is 1.26. The summed E-state index contributed by atoms with van der Waals surface area (Å²) in [6, 6.07) is 6.04. The highest BCUT2D eigenvalue weighted by atomic mass is 35.5. The molecule has 8 heteroatoms. The van der Waals surface area contributed by atoms with Crippen molar-refractivity contribution in [2.24, 2.45) is 5.41 Å². The molecule has 1 saturated carbocycles. The summed E-state index contributed by atoms with van der Waals surface area (Å²) in [6.07, 6.45) is 4.63. The third-order valence-electron chi connectivity index (χ3n) is 6.86. The quantitative estimate of drug-likeness (QED) is 0.747. The molecule has 164 valence electrons. The van der Waals surface area contributed by atoms with Crippen molar-refractivity contribution in [2.45, 2.75) is 44.8 Å². The molecule has 2 heterocycles. The number of piperazine rings is 1. The SMILES string of the molecule is CC1C(=O)N(CC(O)CN2CCC3(CC2)CC3)CCN1C(=O)Nc1cccc(Cl)c1. The van der Waals surface area contributed by atoms with Crippen LogP contribution in [0.5, 0.6) is 0 Å². The molecule has 2 unspecified atom stereocenters. The zero-order chi connectivity index (χ0) is 21.3. The number of amides is 3. The predicted octanol–water partition coefficient (Wildman–Crippen LogP) is 2.64. The lowest BCUT2D eigenvalue weighted by atomic mass is 9.93. The number of halogens is 1. The van der Waals surface area contributed by atoms with Crippen LogP contribution < -0.4 is 5.32 Å². The van der Waals surface area contributed by atoms with Crippen LogP contribution in [0.2, 0.25) is 5.02 Å². The van der Waals surface area contributed by atoms with Crippen LogP contribution in [0.3, 0.4) is 0 Å². The van der Waals surface area contributed by atoms with E-state index in [2.05, 4.69) is 10.2 Å². The van der Waals surface area contributed by atoms with E-state index in [0.29, 0.717) is 42.3 Å². The highest BCUT2D eigenvalue weighted by Gasteiger charge is 2.44. The van der Waals surface area contributed by atoms with Crippen molar-refractivity contribution >= 4 is 29.2 Å². The highest BCUT2D eigenvalue weighted by Crippen LogP contribution is 2.53. The second kappa shape index (κ2) is 8.73. The number of aliphatic hydroxyl groups is 1. The Bertz CT molecular complexity index is 790. The number of β-amino-alcohol motifs (C(OH)–C–C–N with tert-alkyl or cyclic N) is 1. The van der Waals surface area contributed by atoms with Gasteiger partial charge in [0.05, 0.1) is 6.10 Å². The molecule has 3 amide bonds. The molecule has 1 spiro atoms. The van der Waals surface area contributed by atoms with Gasteiger partial charge in [0.25, 0.3) is 0 Å². The largest absolute Gasteiger partial charge is 0.390 e. The molecule has 3 aliphatic rings. The average molecular weight is 435 g/mol. The van der Waals surface area contributed by atoms with Crippen molar-refractivity contribution in [3.63, 3.8) is 0 Å². The number of hydrogen-bond acceptors (Lipinski definition) is 4. The van der Waals surface area contributed by atoms with Gasteiger partial charge in [0.2, 0.25) is 5.91 Å². The lowest BCUT2D eigenvalue weighted by Crippen LogP contribution is -2.60. The monoisotopic (exact) mass is 434 g/mol. The van der Waals surface area contributed by atoms with Crippen LogP contribution >= 0.6 is 11.6 Å². The number of likely N-dealkylation sites (tertiary alicyclic amines) is 1. The maximum atomic E-state index is 12.8. The van der Waals surface area contributed by atoms with Crippen molar-refractivity contribution in [1.82, 2.24) is 14.7 Å². The highest BCUT2D eigenvalue weighted by molar-refractivity contribution is 6.30. The maximum absolute atomic E-state index is 12.8. The first-order valence-electron chi connectivity index (χ1n) is 10.9. The van der Waals surface area contributed by atoms with E-state index >= 15 is 0 Å². The number of hydrogen-bond donors (Lipinski definition) is 2. The third-order valence-corrected chi connectivity index (χ3v) is 7.09. The number of benzene rings is 1. The number of nitrogens with zero attached hydrogens (tertiary/aromatic N) is 3. The molecule has 0 radical (unpaired) electrons. The minimum absolute atomic E-state index is 0.128. The smallest absolute Gasteiger partial charge is 0.322 e. The molecule has 0 aromatic heterocycles. The van der Waals surface area contributed by atoms with E-state index in [1.165, 1.54) is 30.6 Å². The molecule has 2 aliphatic heterocycles. The van der Waals surface area contributed by atoms with Crippen molar-refractivity contribution in [1.29, 1.82) is 0 Å². The van der Waals surface area contributed by atoms with Gasteiger partial charge in [0.15, 0.2) is 0 Å². The molecule has 30 heavy (non-hydrogen) atoms. The minimum atomic E-state index is -0.574. The number of anilines is 1. The Kier molecular flexibility index (Phi) is 6.23. The Hall–Kier alpha value is -1.83. The average Bonchev–Trinajstić information content (AvgIpc) is 3.47. The van der Waals surface area contributed by atoms with Crippen molar-refractivity contribution in [2.75, 3.05) is 44.6 Å². The second-order valence-corrected chi connectivity index (χ2v) is 9.48. The normalized spacial score (nSPS) is 24.8. The third kappa shape index (κ3) is 4.90. The van der Waals surface area contributed by atoms with E-state index in [9.17, 15) is 14.7 Å². The van der Waals surface area contributed by atoms with Gasteiger partial charge < -0.3 is 25.1 Å². The summed E-state index contributed by atoms with van der Waals surface area (Å²) in [4.78, 5) is 31.0. The number of aliphatic hydroxyl groups excluding tert-OH is 1. The van der Waals surface area contributed by atoms with Crippen LogP contribution in [0.1, 0.15) is 32.6 Å². The number of rotatable bonds is 5. The van der Waals surface area contributed by atoms with Gasteiger partial charge in [-0.2, -0.15) is 0 Å². The van der Waals surface area contributed by atoms with Gasteiger partial charge in [-0.3, -0.25) is 4.79 Å². The van der Waals surface area contributed by atoms with E-state index in [4.69, 9.17) is 11.6 Å². The van der Waals surface area contributed by atoms with Crippen LogP contribution in [0, 0.1) is 5.41 Å². The molecule has 1 aromatic carbocycles. The first-order chi connectivity index (χ1) is 14.3. The predicted molar refractivity (Wildman–Crippen MR) is 117 cm³/mol. The lowest BCUT2D eigenvalue weighted by Gasteiger charge is -2.40. The number of nitrogens with one attached hydrogen (secondary N) is 1. The van der Waals surface area contributed by atoms with Crippen molar-refractivity contribution in [3.05, 3.63) is 29.3 Å². The fourth-order valence-corrected chi connectivity index (χ4v) is 4.84. The van der Waals surface area contributed by atoms with E-state index in [-0.39, 0.29) is 11.9 Å².